The quantitative estimate of drug-likeness (QED) is 0.835. The summed E-state index contributed by atoms with van der Waals surface area (Å²) in [6.07, 6.45) is 1.17. The van der Waals surface area contributed by atoms with Crippen molar-refractivity contribution in [3.63, 3.8) is 0 Å². The molecule has 2 rings (SSSR count). The summed E-state index contributed by atoms with van der Waals surface area (Å²) in [5.74, 6) is -0.0798. The van der Waals surface area contributed by atoms with Crippen LogP contribution in [-0.2, 0) is 22.6 Å². The second-order valence-electron chi connectivity index (χ2n) is 6.01. The first-order valence-corrected chi connectivity index (χ1v) is 7.37. The van der Waals surface area contributed by atoms with Crippen LogP contribution in [-0.4, -0.2) is 43.7 Å². The van der Waals surface area contributed by atoms with Crippen molar-refractivity contribution in [1.29, 1.82) is 0 Å². The van der Waals surface area contributed by atoms with Crippen LogP contribution in [0, 0.1) is 0 Å². The van der Waals surface area contributed by atoms with Crippen molar-refractivity contribution in [1.82, 2.24) is 10.2 Å². The van der Waals surface area contributed by atoms with E-state index in [1.54, 1.807) is 0 Å². The van der Waals surface area contributed by atoms with E-state index in [0.717, 1.165) is 12.1 Å². The maximum absolute atomic E-state index is 12.3. The number of carbonyl (C=O) groups excluding carboxylic acids is 1. The van der Waals surface area contributed by atoms with Crippen LogP contribution >= 0.6 is 24.8 Å². The van der Waals surface area contributed by atoms with Crippen LogP contribution in [0.2, 0.25) is 0 Å². The molecule has 0 aromatic heterocycles. The molecule has 1 heterocycles. The van der Waals surface area contributed by atoms with Gasteiger partial charge in [0.2, 0.25) is 5.91 Å². The van der Waals surface area contributed by atoms with Crippen molar-refractivity contribution >= 4 is 30.7 Å². The van der Waals surface area contributed by atoms with Gasteiger partial charge in [-0.3, -0.25) is 4.79 Å². The standard InChI is InChI=1S/C16H25N3O2.2ClH/c1-19(2)12-14-5-3-4-13(10-14)11-18-15(20)16(17)6-8-21-9-7-16;;/h3-5,10H,6-9,11-12,17H2,1-2H3,(H,18,20);2*1H. The minimum atomic E-state index is -0.778. The number of amides is 1. The molecule has 5 nitrogen and oxygen atoms in total. The fourth-order valence-corrected chi connectivity index (χ4v) is 2.52. The Morgan fingerprint density at radius 2 is 1.87 bits per heavy atom. The summed E-state index contributed by atoms with van der Waals surface area (Å²) in [7, 11) is 4.08. The monoisotopic (exact) mass is 363 g/mol. The molecule has 0 radical (unpaired) electrons. The van der Waals surface area contributed by atoms with Gasteiger partial charge in [-0.1, -0.05) is 24.3 Å². The number of hydrogen-bond acceptors (Lipinski definition) is 4. The molecule has 0 aliphatic carbocycles. The Labute approximate surface area is 150 Å². The summed E-state index contributed by atoms with van der Waals surface area (Å²) in [5, 5.41) is 2.96. The molecule has 7 heteroatoms. The molecule has 1 saturated heterocycles. The lowest BCUT2D eigenvalue weighted by Gasteiger charge is -2.31. The molecule has 1 aromatic carbocycles. The van der Waals surface area contributed by atoms with Crippen LogP contribution in [0.3, 0.4) is 0 Å². The van der Waals surface area contributed by atoms with E-state index in [-0.39, 0.29) is 30.7 Å². The molecule has 0 atom stereocenters. The summed E-state index contributed by atoms with van der Waals surface area (Å²) in [4.78, 5) is 14.4. The Kier molecular flexibility index (Phi) is 9.73. The third kappa shape index (κ3) is 6.65. The lowest BCUT2D eigenvalue weighted by molar-refractivity contribution is -0.129. The van der Waals surface area contributed by atoms with Crippen LogP contribution in [0.25, 0.3) is 0 Å². The zero-order chi connectivity index (χ0) is 15.3. The number of nitrogens with one attached hydrogen (secondary N) is 1. The Bertz CT molecular complexity index is 492. The highest BCUT2D eigenvalue weighted by molar-refractivity contribution is 5.86. The van der Waals surface area contributed by atoms with Gasteiger partial charge in [0.25, 0.3) is 0 Å². The molecule has 0 saturated carbocycles. The number of ether oxygens (including phenoxy) is 1. The molecule has 132 valence electrons. The van der Waals surface area contributed by atoms with E-state index < -0.39 is 5.54 Å². The van der Waals surface area contributed by atoms with Gasteiger partial charge < -0.3 is 20.7 Å². The lowest BCUT2D eigenvalue weighted by atomic mass is 9.90. The first-order valence-electron chi connectivity index (χ1n) is 7.37. The average Bonchev–Trinajstić information content (AvgIpc) is 2.45. The molecule has 1 fully saturated rings. The fraction of sp³-hybridized carbons (Fsp3) is 0.562. The molecule has 3 N–H and O–H groups in total. The zero-order valence-electron chi connectivity index (χ0n) is 13.7. The second kappa shape index (κ2) is 10.1. The first-order chi connectivity index (χ1) is 9.99. The molecule has 1 aliphatic heterocycles. The summed E-state index contributed by atoms with van der Waals surface area (Å²) in [5.41, 5.74) is 7.72. The highest BCUT2D eigenvalue weighted by Gasteiger charge is 2.35. The largest absolute Gasteiger partial charge is 0.381 e. The number of rotatable bonds is 5. The molecule has 23 heavy (non-hydrogen) atoms. The fourth-order valence-electron chi connectivity index (χ4n) is 2.52. The smallest absolute Gasteiger partial charge is 0.240 e. The van der Waals surface area contributed by atoms with Crippen molar-refractivity contribution in [3.8, 4) is 0 Å². The van der Waals surface area contributed by atoms with Crippen molar-refractivity contribution in [2.45, 2.75) is 31.5 Å². The van der Waals surface area contributed by atoms with Crippen LogP contribution in [0.1, 0.15) is 24.0 Å². The third-order valence-corrected chi connectivity index (χ3v) is 3.78. The van der Waals surface area contributed by atoms with Crippen molar-refractivity contribution in [3.05, 3.63) is 35.4 Å². The van der Waals surface area contributed by atoms with Gasteiger partial charge in [-0.2, -0.15) is 0 Å². The molecule has 1 aliphatic rings. The van der Waals surface area contributed by atoms with Crippen LogP contribution in [0.5, 0.6) is 0 Å². The normalized spacial score (nSPS) is 16.2. The minimum Gasteiger partial charge on any atom is -0.381 e. The zero-order valence-corrected chi connectivity index (χ0v) is 15.3. The van der Waals surface area contributed by atoms with Crippen LogP contribution < -0.4 is 11.1 Å². The number of nitrogens with zero attached hydrogens (tertiary/aromatic N) is 1. The highest BCUT2D eigenvalue weighted by atomic mass is 35.5. The minimum absolute atomic E-state index is 0. The first kappa shape index (κ1) is 22.1. The number of nitrogens with two attached hydrogens (primary N) is 1. The van der Waals surface area contributed by atoms with E-state index in [9.17, 15) is 4.79 Å². The lowest BCUT2D eigenvalue weighted by Crippen LogP contribution is -2.56. The van der Waals surface area contributed by atoms with E-state index in [0.29, 0.717) is 32.6 Å². The topological polar surface area (TPSA) is 67.6 Å². The predicted octanol–water partition coefficient (Wildman–Crippen LogP) is 1.72. The average molecular weight is 364 g/mol. The Morgan fingerprint density at radius 1 is 1.26 bits per heavy atom. The van der Waals surface area contributed by atoms with E-state index in [1.165, 1.54) is 5.56 Å². The molecule has 0 spiro atoms. The van der Waals surface area contributed by atoms with E-state index in [1.807, 2.05) is 26.2 Å². The number of halogens is 2. The van der Waals surface area contributed by atoms with Crippen LogP contribution in [0.4, 0.5) is 0 Å². The van der Waals surface area contributed by atoms with Gasteiger partial charge in [0, 0.05) is 26.3 Å². The van der Waals surface area contributed by atoms with Gasteiger partial charge in [-0.05, 0) is 38.1 Å². The number of carbonyl (C=O) groups is 1. The Morgan fingerprint density at radius 3 is 2.48 bits per heavy atom. The van der Waals surface area contributed by atoms with Gasteiger partial charge in [0.15, 0.2) is 0 Å². The Balaban J connectivity index is 0.00000242. The predicted molar refractivity (Wildman–Crippen MR) is 97.1 cm³/mol. The molecule has 0 unspecified atom stereocenters. The molecule has 1 amide bonds. The summed E-state index contributed by atoms with van der Waals surface area (Å²) in [6.45, 7) is 2.52. The SMILES string of the molecule is CN(C)Cc1cccc(CNC(=O)C2(N)CCOCC2)c1.Cl.Cl. The summed E-state index contributed by atoms with van der Waals surface area (Å²) < 4.78 is 5.27. The van der Waals surface area contributed by atoms with Gasteiger partial charge in [0.1, 0.15) is 0 Å². The van der Waals surface area contributed by atoms with Gasteiger partial charge >= 0.3 is 0 Å². The molecular formula is C16H27Cl2N3O2. The third-order valence-electron chi connectivity index (χ3n) is 3.78. The molecule has 1 aromatic rings. The van der Waals surface area contributed by atoms with Crippen molar-refractivity contribution in [2.24, 2.45) is 5.73 Å². The Hall–Kier alpha value is -0.850. The highest BCUT2D eigenvalue weighted by Crippen LogP contribution is 2.18. The van der Waals surface area contributed by atoms with Gasteiger partial charge in [0.05, 0.1) is 5.54 Å². The van der Waals surface area contributed by atoms with Crippen molar-refractivity contribution < 1.29 is 9.53 Å². The maximum Gasteiger partial charge on any atom is 0.240 e. The molecule has 0 bridgehead atoms. The maximum atomic E-state index is 12.3. The second-order valence-corrected chi connectivity index (χ2v) is 6.01. The van der Waals surface area contributed by atoms with Crippen molar-refractivity contribution in [2.75, 3.05) is 27.3 Å². The number of benzene rings is 1. The van der Waals surface area contributed by atoms with E-state index in [4.69, 9.17) is 10.5 Å². The van der Waals surface area contributed by atoms with Gasteiger partial charge in [-0.25, -0.2) is 0 Å². The van der Waals surface area contributed by atoms with Crippen LogP contribution in [0.15, 0.2) is 24.3 Å². The summed E-state index contributed by atoms with van der Waals surface area (Å²) in [6, 6.07) is 8.25. The van der Waals surface area contributed by atoms with E-state index in [2.05, 4.69) is 22.3 Å². The summed E-state index contributed by atoms with van der Waals surface area (Å²) >= 11 is 0. The molecular weight excluding hydrogens is 337 g/mol. The van der Waals surface area contributed by atoms with Gasteiger partial charge in [-0.15, -0.1) is 24.8 Å². The van der Waals surface area contributed by atoms with E-state index >= 15 is 0 Å². The number of hydrogen-bond donors (Lipinski definition) is 2.